The van der Waals surface area contributed by atoms with Gasteiger partial charge in [0, 0.05) is 55.6 Å². The monoisotopic (exact) mass is 728 g/mol. The molecule has 5 rings (SSSR count). The van der Waals surface area contributed by atoms with Gasteiger partial charge >= 0.3 is 18.1 Å². The standard InChI is InChI=1S/C26H27F3N4O4S.C9H8O4/c1-31-11-13-32(14-12-31)24(34)17-33-16-18(15-23(33)21-5-3-4-6-22(21)26(27,28)29)25(35)30-19-7-9-20(10-8-19)38(2,36)37;1-5-2-3-6(8(10)11)4-7(5)9(12)13/h3-10,15-16H,11-14,17H2,1-2H3,(H,30,35);2-4H,1H3,(H,10,11)(H,12,13). The van der Waals surface area contributed by atoms with Crippen molar-refractivity contribution in [3.8, 4) is 11.3 Å². The molecule has 1 aliphatic rings. The van der Waals surface area contributed by atoms with Crippen LogP contribution in [0.3, 0.4) is 0 Å². The number of nitrogens with zero attached hydrogens (tertiary/aromatic N) is 3. The van der Waals surface area contributed by atoms with E-state index in [9.17, 15) is 40.8 Å². The minimum absolute atomic E-state index is 0.0111. The zero-order chi connectivity index (χ0) is 37.7. The van der Waals surface area contributed by atoms with E-state index in [-0.39, 0.29) is 45.3 Å². The van der Waals surface area contributed by atoms with E-state index in [0.29, 0.717) is 37.4 Å². The molecule has 0 radical (unpaired) electrons. The van der Waals surface area contributed by atoms with Gasteiger partial charge in [-0.15, -0.1) is 0 Å². The molecule has 0 aliphatic carbocycles. The summed E-state index contributed by atoms with van der Waals surface area (Å²) in [5, 5.41) is 19.9. The first kappa shape index (κ1) is 38.3. The van der Waals surface area contributed by atoms with Gasteiger partial charge < -0.3 is 29.9 Å². The lowest BCUT2D eigenvalue weighted by Gasteiger charge is -2.32. The van der Waals surface area contributed by atoms with Gasteiger partial charge in [0.1, 0.15) is 6.54 Å². The number of carboxylic acids is 2. The van der Waals surface area contributed by atoms with E-state index >= 15 is 0 Å². The van der Waals surface area contributed by atoms with Crippen LogP contribution in [0.2, 0.25) is 0 Å². The van der Waals surface area contributed by atoms with Crippen molar-refractivity contribution < 1.29 is 51.0 Å². The van der Waals surface area contributed by atoms with Gasteiger partial charge in [-0.25, -0.2) is 18.0 Å². The number of aromatic carboxylic acids is 2. The number of piperazine rings is 1. The molecule has 1 aliphatic heterocycles. The van der Waals surface area contributed by atoms with Crippen molar-refractivity contribution in [1.29, 1.82) is 0 Å². The number of amides is 2. The lowest BCUT2D eigenvalue weighted by atomic mass is 10.0. The Labute approximate surface area is 291 Å². The third-order valence-electron chi connectivity index (χ3n) is 8.08. The van der Waals surface area contributed by atoms with Crippen LogP contribution in [0, 0.1) is 6.92 Å². The molecule has 0 atom stereocenters. The van der Waals surface area contributed by atoms with Crippen LogP contribution in [0.25, 0.3) is 11.3 Å². The van der Waals surface area contributed by atoms with Crippen molar-refractivity contribution in [2.24, 2.45) is 0 Å². The van der Waals surface area contributed by atoms with E-state index < -0.39 is 39.4 Å². The van der Waals surface area contributed by atoms with Gasteiger partial charge in [-0.05, 0) is 68.1 Å². The normalized spacial score (nSPS) is 13.6. The molecule has 1 saturated heterocycles. The highest BCUT2D eigenvalue weighted by Gasteiger charge is 2.34. The fourth-order valence-corrected chi connectivity index (χ4v) is 5.85. The number of sulfone groups is 1. The first-order valence-electron chi connectivity index (χ1n) is 15.4. The minimum Gasteiger partial charge on any atom is -0.478 e. The smallest absolute Gasteiger partial charge is 0.417 e. The Bertz CT molecular complexity index is 2050. The summed E-state index contributed by atoms with van der Waals surface area (Å²) in [4.78, 5) is 51.0. The highest BCUT2D eigenvalue weighted by molar-refractivity contribution is 7.90. The third-order valence-corrected chi connectivity index (χ3v) is 9.21. The van der Waals surface area contributed by atoms with Gasteiger partial charge in [0.2, 0.25) is 5.91 Å². The maximum absolute atomic E-state index is 13.8. The molecule has 0 spiro atoms. The quantitative estimate of drug-likeness (QED) is 0.227. The Morgan fingerprint density at radius 1 is 0.843 bits per heavy atom. The first-order valence-corrected chi connectivity index (χ1v) is 17.3. The Balaban J connectivity index is 0.000000378. The molecular weight excluding hydrogens is 693 g/mol. The summed E-state index contributed by atoms with van der Waals surface area (Å²) in [6.07, 6.45) is -2.22. The molecule has 3 aromatic carbocycles. The van der Waals surface area contributed by atoms with E-state index in [2.05, 4.69) is 10.2 Å². The van der Waals surface area contributed by atoms with Crippen molar-refractivity contribution in [2.45, 2.75) is 24.5 Å². The second kappa shape index (κ2) is 15.6. The predicted molar refractivity (Wildman–Crippen MR) is 182 cm³/mol. The Morgan fingerprint density at radius 2 is 1.47 bits per heavy atom. The van der Waals surface area contributed by atoms with Gasteiger partial charge in [-0.1, -0.05) is 24.3 Å². The van der Waals surface area contributed by atoms with Crippen LogP contribution < -0.4 is 5.32 Å². The largest absolute Gasteiger partial charge is 0.478 e. The summed E-state index contributed by atoms with van der Waals surface area (Å²) < 4.78 is 66.2. The summed E-state index contributed by atoms with van der Waals surface area (Å²) in [6.45, 7) is 3.76. The Morgan fingerprint density at radius 3 is 2.04 bits per heavy atom. The number of anilines is 1. The van der Waals surface area contributed by atoms with E-state index in [1.165, 1.54) is 71.4 Å². The average molecular weight is 729 g/mol. The van der Waals surface area contributed by atoms with Gasteiger partial charge in [-0.2, -0.15) is 13.2 Å². The zero-order valence-corrected chi connectivity index (χ0v) is 28.6. The molecule has 0 unspecified atom stereocenters. The molecular formula is C35H35F3N4O8S. The number of hydrogen-bond donors (Lipinski definition) is 3. The average Bonchev–Trinajstić information content (AvgIpc) is 3.48. The number of carboxylic acid groups (broad SMARTS) is 2. The Hall–Kier alpha value is -5.48. The molecule has 1 aromatic heterocycles. The minimum atomic E-state index is -4.64. The summed E-state index contributed by atoms with van der Waals surface area (Å²) in [5.41, 5.74) is -0.0212. The number of halogens is 3. The number of carbonyl (C=O) groups is 4. The second-order valence-electron chi connectivity index (χ2n) is 11.9. The maximum Gasteiger partial charge on any atom is 0.417 e. The molecule has 16 heteroatoms. The number of carbonyl (C=O) groups excluding carboxylic acids is 2. The van der Waals surface area contributed by atoms with Crippen molar-refractivity contribution in [3.05, 3.63) is 107 Å². The molecule has 0 saturated carbocycles. The number of likely N-dealkylation sites (N-methyl/N-ethyl adjacent to an activating group) is 1. The van der Waals surface area contributed by atoms with Crippen molar-refractivity contribution in [1.82, 2.24) is 14.4 Å². The number of rotatable bonds is 8. The van der Waals surface area contributed by atoms with Crippen LogP contribution in [0.4, 0.5) is 18.9 Å². The van der Waals surface area contributed by atoms with E-state index in [1.54, 1.807) is 11.8 Å². The SMILES string of the molecule is CN1CCN(C(=O)Cn2cc(C(=O)Nc3ccc(S(C)(=O)=O)cc3)cc2-c2ccccc2C(F)(F)F)CC1.Cc1ccc(C(=O)O)cc1C(=O)O. The molecule has 3 N–H and O–H groups in total. The molecule has 12 nitrogen and oxygen atoms in total. The second-order valence-corrected chi connectivity index (χ2v) is 13.9. The fourth-order valence-electron chi connectivity index (χ4n) is 5.22. The summed E-state index contributed by atoms with van der Waals surface area (Å²) in [6, 6.07) is 15.9. The zero-order valence-electron chi connectivity index (χ0n) is 27.8. The number of aryl methyl sites for hydroxylation is 1. The Kier molecular flexibility index (Phi) is 11.7. The van der Waals surface area contributed by atoms with Crippen LogP contribution in [0.5, 0.6) is 0 Å². The number of alkyl halides is 3. The summed E-state index contributed by atoms with van der Waals surface area (Å²) in [7, 11) is -1.48. The van der Waals surface area contributed by atoms with E-state index in [1.807, 2.05) is 7.05 Å². The lowest BCUT2D eigenvalue weighted by Crippen LogP contribution is -2.48. The number of nitrogens with one attached hydrogen (secondary N) is 1. The molecule has 4 aromatic rings. The lowest BCUT2D eigenvalue weighted by molar-refractivity contribution is -0.137. The third kappa shape index (κ3) is 9.82. The summed E-state index contributed by atoms with van der Waals surface area (Å²) in [5.74, 6) is -3.11. The molecule has 1 fully saturated rings. The van der Waals surface area contributed by atoms with Crippen molar-refractivity contribution in [3.63, 3.8) is 0 Å². The highest BCUT2D eigenvalue weighted by atomic mass is 32.2. The van der Waals surface area contributed by atoms with Crippen LogP contribution in [-0.4, -0.2) is 96.2 Å². The molecule has 2 heterocycles. The number of hydrogen-bond acceptors (Lipinski definition) is 7. The van der Waals surface area contributed by atoms with Crippen molar-refractivity contribution in [2.75, 3.05) is 44.8 Å². The summed E-state index contributed by atoms with van der Waals surface area (Å²) >= 11 is 0. The first-order chi connectivity index (χ1) is 23.8. The van der Waals surface area contributed by atoms with E-state index in [4.69, 9.17) is 10.2 Å². The van der Waals surface area contributed by atoms with Crippen LogP contribution in [-0.2, 0) is 27.4 Å². The number of aromatic nitrogens is 1. The topological polar surface area (TPSA) is 166 Å². The molecule has 2 amide bonds. The highest BCUT2D eigenvalue weighted by Crippen LogP contribution is 2.37. The van der Waals surface area contributed by atoms with Gasteiger partial charge in [0.05, 0.1) is 27.1 Å². The predicted octanol–water partition coefficient (Wildman–Crippen LogP) is 5.00. The van der Waals surface area contributed by atoms with Gasteiger partial charge in [0.25, 0.3) is 5.91 Å². The number of benzene rings is 3. The fraction of sp³-hybridized carbons (Fsp3) is 0.257. The molecule has 270 valence electrons. The van der Waals surface area contributed by atoms with Crippen LogP contribution in [0.1, 0.15) is 42.2 Å². The molecule has 0 bridgehead atoms. The van der Waals surface area contributed by atoms with Crippen LogP contribution in [0.15, 0.2) is 83.9 Å². The van der Waals surface area contributed by atoms with Crippen molar-refractivity contribution >= 4 is 39.3 Å². The van der Waals surface area contributed by atoms with Crippen LogP contribution >= 0.6 is 0 Å². The van der Waals surface area contributed by atoms with Gasteiger partial charge in [0.15, 0.2) is 9.84 Å². The van der Waals surface area contributed by atoms with Gasteiger partial charge in [-0.3, -0.25) is 9.59 Å². The molecule has 51 heavy (non-hydrogen) atoms. The van der Waals surface area contributed by atoms with E-state index in [0.717, 1.165) is 18.4 Å². The maximum atomic E-state index is 13.8.